The zero-order valence-corrected chi connectivity index (χ0v) is 12.6. The number of nitrogens with zero attached hydrogens (tertiary/aromatic N) is 1. The first-order valence-corrected chi connectivity index (χ1v) is 6.75. The van der Waals surface area contributed by atoms with Crippen molar-refractivity contribution in [1.82, 2.24) is 10.3 Å². The third kappa shape index (κ3) is 5.23. The quantitative estimate of drug-likeness (QED) is 0.884. The van der Waals surface area contributed by atoms with Crippen LogP contribution >= 0.6 is 11.6 Å². The summed E-state index contributed by atoms with van der Waals surface area (Å²) in [6.45, 7) is 11.2. The summed E-state index contributed by atoms with van der Waals surface area (Å²) in [6, 6.07) is 1.91. The topological polar surface area (TPSA) is 34.1 Å². The fourth-order valence-corrected chi connectivity index (χ4v) is 1.48. The Kier molecular flexibility index (Phi) is 5.42. The molecule has 4 heteroatoms. The third-order valence-corrected chi connectivity index (χ3v) is 2.96. The standard InChI is InChI=1S/C14H23ClN2O/c1-6-10(2)18-13-7-11(12(15)9-16-13)8-17-14(3,4)5/h7,9-10,17H,6,8H2,1-5H3. The predicted octanol–water partition coefficient (Wildman–Crippen LogP) is 3.80. The minimum Gasteiger partial charge on any atom is -0.475 e. The molecule has 102 valence electrons. The fraction of sp³-hybridized carbons (Fsp3) is 0.643. The van der Waals surface area contributed by atoms with Crippen molar-refractivity contribution in [3.8, 4) is 5.88 Å². The molecule has 0 radical (unpaired) electrons. The second kappa shape index (κ2) is 6.39. The van der Waals surface area contributed by atoms with Crippen LogP contribution in [-0.2, 0) is 6.54 Å². The SMILES string of the molecule is CCC(C)Oc1cc(CNC(C)(C)C)c(Cl)cn1. The van der Waals surface area contributed by atoms with E-state index in [0.29, 0.717) is 17.4 Å². The highest BCUT2D eigenvalue weighted by Gasteiger charge is 2.11. The van der Waals surface area contributed by atoms with Gasteiger partial charge in [-0.3, -0.25) is 0 Å². The van der Waals surface area contributed by atoms with Gasteiger partial charge in [0.1, 0.15) is 0 Å². The van der Waals surface area contributed by atoms with Crippen LogP contribution in [0.5, 0.6) is 5.88 Å². The van der Waals surface area contributed by atoms with Gasteiger partial charge in [-0.25, -0.2) is 4.98 Å². The first kappa shape index (κ1) is 15.3. The number of aromatic nitrogens is 1. The van der Waals surface area contributed by atoms with Gasteiger partial charge in [0.15, 0.2) is 0 Å². The van der Waals surface area contributed by atoms with Gasteiger partial charge >= 0.3 is 0 Å². The van der Waals surface area contributed by atoms with E-state index in [9.17, 15) is 0 Å². The van der Waals surface area contributed by atoms with Gasteiger partial charge in [0.05, 0.1) is 11.1 Å². The molecule has 1 unspecified atom stereocenters. The molecular weight excluding hydrogens is 248 g/mol. The van der Waals surface area contributed by atoms with Gasteiger partial charge in [0, 0.05) is 24.3 Å². The molecule has 1 atom stereocenters. The average molecular weight is 271 g/mol. The maximum absolute atomic E-state index is 6.14. The molecule has 0 saturated heterocycles. The van der Waals surface area contributed by atoms with Gasteiger partial charge < -0.3 is 10.1 Å². The number of ether oxygens (including phenoxy) is 1. The summed E-state index contributed by atoms with van der Waals surface area (Å²) in [5.41, 5.74) is 1.07. The monoisotopic (exact) mass is 270 g/mol. The Morgan fingerprint density at radius 3 is 2.67 bits per heavy atom. The number of pyridine rings is 1. The second-order valence-electron chi connectivity index (χ2n) is 5.55. The molecule has 0 fully saturated rings. The van der Waals surface area contributed by atoms with Crippen molar-refractivity contribution in [3.63, 3.8) is 0 Å². The Morgan fingerprint density at radius 1 is 1.44 bits per heavy atom. The van der Waals surface area contributed by atoms with Gasteiger partial charge in [-0.2, -0.15) is 0 Å². The summed E-state index contributed by atoms with van der Waals surface area (Å²) < 4.78 is 5.69. The first-order valence-electron chi connectivity index (χ1n) is 6.38. The highest BCUT2D eigenvalue weighted by Crippen LogP contribution is 2.21. The van der Waals surface area contributed by atoms with Gasteiger partial charge in [-0.1, -0.05) is 18.5 Å². The van der Waals surface area contributed by atoms with Crippen LogP contribution in [0, 0.1) is 0 Å². The molecule has 3 nitrogen and oxygen atoms in total. The van der Waals surface area contributed by atoms with Crippen molar-refractivity contribution in [3.05, 3.63) is 22.8 Å². The summed E-state index contributed by atoms with van der Waals surface area (Å²) in [5.74, 6) is 0.638. The molecule has 1 N–H and O–H groups in total. The second-order valence-corrected chi connectivity index (χ2v) is 5.96. The minimum absolute atomic E-state index is 0.0599. The van der Waals surface area contributed by atoms with Crippen LogP contribution < -0.4 is 10.1 Å². The lowest BCUT2D eigenvalue weighted by atomic mass is 10.1. The normalized spacial score (nSPS) is 13.4. The summed E-state index contributed by atoms with van der Waals surface area (Å²) in [4.78, 5) is 4.19. The molecule has 0 amide bonds. The maximum Gasteiger partial charge on any atom is 0.213 e. The largest absolute Gasteiger partial charge is 0.475 e. The van der Waals surface area contributed by atoms with Gasteiger partial charge in [0.25, 0.3) is 0 Å². The Morgan fingerprint density at radius 2 is 2.11 bits per heavy atom. The minimum atomic E-state index is 0.0599. The highest BCUT2D eigenvalue weighted by atomic mass is 35.5. The molecule has 1 heterocycles. The lowest BCUT2D eigenvalue weighted by Gasteiger charge is -2.21. The third-order valence-electron chi connectivity index (χ3n) is 2.62. The molecule has 0 bridgehead atoms. The zero-order valence-electron chi connectivity index (χ0n) is 11.9. The predicted molar refractivity (Wildman–Crippen MR) is 76.2 cm³/mol. The highest BCUT2D eigenvalue weighted by molar-refractivity contribution is 6.31. The summed E-state index contributed by atoms with van der Waals surface area (Å²) in [5, 5.41) is 4.08. The van der Waals surface area contributed by atoms with E-state index in [-0.39, 0.29) is 11.6 Å². The molecule has 1 rings (SSSR count). The zero-order chi connectivity index (χ0) is 13.8. The van der Waals surface area contributed by atoms with Crippen molar-refractivity contribution in [2.45, 2.75) is 59.2 Å². The smallest absolute Gasteiger partial charge is 0.213 e. The Hall–Kier alpha value is -0.800. The first-order chi connectivity index (χ1) is 8.31. The van der Waals surface area contributed by atoms with Crippen molar-refractivity contribution < 1.29 is 4.74 Å². The molecule has 0 aliphatic heterocycles. The van der Waals surface area contributed by atoms with Crippen molar-refractivity contribution in [2.75, 3.05) is 0 Å². The lowest BCUT2D eigenvalue weighted by molar-refractivity contribution is 0.208. The van der Waals surface area contributed by atoms with Crippen LogP contribution in [0.15, 0.2) is 12.3 Å². The van der Waals surface area contributed by atoms with E-state index >= 15 is 0 Å². The number of nitrogens with one attached hydrogen (secondary N) is 1. The van der Waals surface area contributed by atoms with E-state index in [0.717, 1.165) is 12.0 Å². The Balaban J connectivity index is 2.75. The molecule has 0 aliphatic rings. The molecule has 18 heavy (non-hydrogen) atoms. The molecule has 0 spiro atoms. The Bertz CT molecular complexity index is 388. The molecule has 0 saturated carbocycles. The molecule has 0 aromatic carbocycles. The van der Waals surface area contributed by atoms with Gasteiger partial charge in [0.2, 0.25) is 5.88 Å². The summed E-state index contributed by atoms with van der Waals surface area (Å²) in [6.07, 6.45) is 2.78. The van der Waals surface area contributed by atoms with E-state index in [1.807, 2.05) is 13.0 Å². The van der Waals surface area contributed by atoms with Crippen LogP contribution in [0.25, 0.3) is 0 Å². The maximum atomic E-state index is 6.14. The summed E-state index contributed by atoms with van der Waals surface area (Å²) >= 11 is 6.14. The van der Waals surface area contributed by atoms with Crippen LogP contribution in [0.2, 0.25) is 5.02 Å². The van der Waals surface area contributed by atoms with Crippen LogP contribution in [0.1, 0.15) is 46.6 Å². The fourth-order valence-electron chi connectivity index (χ4n) is 1.31. The number of rotatable bonds is 5. The molecule has 0 aliphatic carbocycles. The van der Waals surface area contributed by atoms with E-state index in [1.54, 1.807) is 6.20 Å². The number of hydrogen-bond donors (Lipinski definition) is 1. The molecular formula is C14H23ClN2O. The average Bonchev–Trinajstić information content (AvgIpc) is 2.28. The van der Waals surface area contributed by atoms with Crippen molar-refractivity contribution in [2.24, 2.45) is 0 Å². The van der Waals surface area contributed by atoms with Crippen LogP contribution in [-0.4, -0.2) is 16.6 Å². The molecule has 1 aromatic heterocycles. The van der Waals surface area contributed by atoms with E-state index in [2.05, 4.69) is 38.0 Å². The van der Waals surface area contributed by atoms with Crippen LogP contribution in [0.3, 0.4) is 0 Å². The lowest BCUT2D eigenvalue weighted by Crippen LogP contribution is -2.35. The summed E-state index contributed by atoms with van der Waals surface area (Å²) in [7, 11) is 0. The Labute approximate surface area is 115 Å². The molecule has 1 aromatic rings. The number of hydrogen-bond acceptors (Lipinski definition) is 3. The van der Waals surface area contributed by atoms with E-state index in [1.165, 1.54) is 0 Å². The van der Waals surface area contributed by atoms with E-state index < -0.39 is 0 Å². The van der Waals surface area contributed by atoms with Crippen molar-refractivity contribution in [1.29, 1.82) is 0 Å². The van der Waals surface area contributed by atoms with E-state index in [4.69, 9.17) is 16.3 Å². The number of halogens is 1. The van der Waals surface area contributed by atoms with Gasteiger partial charge in [-0.05, 0) is 39.7 Å². The van der Waals surface area contributed by atoms with Gasteiger partial charge in [-0.15, -0.1) is 0 Å². The van der Waals surface area contributed by atoms with Crippen molar-refractivity contribution >= 4 is 11.6 Å². The van der Waals surface area contributed by atoms with Crippen LogP contribution in [0.4, 0.5) is 0 Å².